The Morgan fingerprint density at radius 2 is 2.04 bits per heavy atom. The molecule has 0 spiro atoms. The largest absolute Gasteiger partial charge is 0.454 e. The molecule has 1 amide bonds. The van der Waals surface area contributed by atoms with E-state index >= 15 is 0 Å². The van der Waals surface area contributed by atoms with Crippen LogP contribution >= 0.6 is 0 Å². The van der Waals surface area contributed by atoms with Crippen molar-refractivity contribution in [3.05, 3.63) is 53.9 Å². The van der Waals surface area contributed by atoms with Crippen molar-refractivity contribution in [2.75, 3.05) is 26.4 Å². The zero-order valence-corrected chi connectivity index (χ0v) is 14.0. The molecule has 25 heavy (non-hydrogen) atoms. The SMILES string of the molecule is O=C(NCC1CCN(Cc2ccncc2)C1)c1ccc2c(c1)OCO2. The molecule has 2 aliphatic rings. The van der Waals surface area contributed by atoms with Crippen LogP contribution in [0.3, 0.4) is 0 Å². The van der Waals surface area contributed by atoms with Gasteiger partial charge in [-0.25, -0.2) is 0 Å². The lowest BCUT2D eigenvalue weighted by Gasteiger charge is -2.16. The van der Waals surface area contributed by atoms with Crippen LogP contribution in [0.15, 0.2) is 42.7 Å². The van der Waals surface area contributed by atoms with E-state index in [1.807, 2.05) is 12.4 Å². The van der Waals surface area contributed by atoms with Crippen LogP contribution in [0.2, 0.25) is 0 Å². The van der Waals surface area contributed by atoms with Gasteiger partial charge in [-0.1, -0.05) is 0 Å². The number of pyridine rings is 1. The molecule has 130 valence electrons. The molecule has 6 nitrogen and oxygen atoms in total. The standard InChI is InChI=1S/C19H21N3O3/c23-19(16-1-2-17-18(9-16)25-13-24-17)21-10-15-5-8-22(12-15)11-14-3-6-20-7-4-14/h1-4,6-7,9,15H,5,8,10-13H2,(H,21,23). The summed E-state index contributed by atoms with van der Waals surface area (Å²) in [6, 6.07) is 9.39. The Bertz CT molecular complexity index is 751. The van der Waals surface area contributed by atoms with E-state index in [1.165, 1.54) is 5.56 Å². The Morgan fingerprint density at radius 3 is 2.92 bits per heavy atom. The van der Waals surface area contributed by atoms with Crippen molar-refractivity contribution in [3.63, 3.8) is 0 Å². The topological polar surface area (TPSA) is 63.7 Å². The highest BCUT2D eigenvalue weighted by atomic mass is 16.7. The minimum Gasteiger partial charge on any atom is -0.454 e. The molecular weight excluding hydrogens is 318 g/mol. The molecule has 3 heterocycles. The second-order valence-electron chi connectivity index (χ2n) is 6.52. The fourth-order valence-corrected chi connectivity index (χ4v) is 3.35. The lowest BCUT2D eigenvalue weighted by molar-refractivity contribution is 0.0947. The van der Waals surface area contributed by atoms with E-state index in [1.54, 1.807) is 18.2 Å². The highest BCUT2D eigenvalue weighted by molar-refractivity contribution is 5.94. The van der Waals surface area contributed by atoms with Gasteiger partial charge in [-0.05, 0) is 54.8 Å². The smallest absolute Gasteiger partial charge is 0.251 e. The number of hydrogen-bond donors (Lipinski definition) is 1. The third kappa shape index (κ3) is 3.74. The van der Waals surface area contributed by atoms with E-state index in [0.717, 1.165) is 26.1 Å². The minimum atomic E-state index is -0.0640. The van der Waals surface area contributed by atoms with Crippen LogP contribution in [-0.2, 0) is 6.54 Å². The van der Waals surface area contributed by atoms with E-state index in [2.05, 4.69) is 27.3 Å². The summed E-state index contributed by atoms with van der Waals surface area (Å²) in [7, 11) is 0. The number of carbonyl (C=O) groups is 1. The van der Waals surface area contributed by atoms with E-state index in [-0.39, 0.29) is 12.7 Å². The number of aromatic nitrogens is 1. The van der Waals surface area contributed by atoms with Gasteiger partial charge in [0.25, 0.3) is 5.91 Å². The van der Waals surface area contributed by atoms with Crippen molar-refractivity contribution in [2.24, 2.45) is 5.92 Å². The first-order valence-corrected chi connectivity index (χ1v) is 8.57. The van der Waals surface area contributed by atoms with Crippen LogP contribution in [0.5, 0.6) is 11.5 Å². The van der Waals surface area contributed by atoms with E-state index in [0.29, 0.717) is 29.5 Å². The van der Waals surface area contributed by atoms with Gasteiger partial charge in [-0.3, -0.25) is 14.7 Å². The Balaban J connectivity index is 1.27. The Labute approximate surface area is 146 Å². The molecule has 6 heteroatoms. The lowest BCUT2D eigenvalue weighted by Crippen LogP contribution is -2.30. The van der Waals surface area contributed by atoms with Crippen LogP contribution < -0.4 is 14.8 Å². The molecule has 1 unspecified atom stereocenters. The van der Waals surface area contributed by atoms with Gasteiger partial charge in [0.1, 0.15) is 0 Å². The fourth-order valence-electron chi connectivity index (χ4n) is 3.35. The van der Waals surface area contributed by atoms with Crippen molar-refractivity contribution >= 4 is 5.91 Å². The van der Waals surface area contributed by atoms with Gasteiger partial charge in [0.05, 0.1) is 0 Å². The second kappa shape index (κ2) is 7.11. The summed E-state index contributed by atoms with van der Waals surface area (Å²) in [5, 5.41) is 3.04. The van der Waals surface area contributed by atoms with Crippen molar-refractivity contribution in [1.29, 1.82) is 0 Å². The molecule has 1 fully saturated rings. The number of likely N-dealkylation sites (tertiary alicyclic amines) is 1. The van der Waals surface area contributed by atoms with Crippen LogP contribution in [0, 0.1) is 5.92 Å². The summed E-state index contributed by atoms with van der Waals surface area (Å²) < 4.78 is 10.6. The third-order valence-electron chi connectivity index (χ3n) is 4.71. The Morgan fingerprint density at radius 1 is 1.20 bits per heavy atom. The van der Waals surface area contributed by atoms with E-state index < -0.39 is 0 Å². The first-order valence-electron chi connectivity index (χ1n) is 8.57. The number of rotatable bonds is 5. The summed E-state index contributed by atoms with van der Waals surface area (Å²) in [5.41, 5.74) is 1.89. The predicted octanol–water partition coefficient (Wildman–Crippen LogP) is 2.06. The quantitative estimate of drug-likeness (QED) is 0.903. The number of carbonyl (C=O) groups excluding carboxylic acids is 1. The molecule has 1 atom stereocenters. The first kappa shape index (κ1) is 15.9. The summed E-state index contributed by atoms with van der Waals surface area (Å²) in [6.45, 7) is 3.92. The van der Waals surface area contributed by atoms with Crippen LogP contribution in [-0.4, -0.2) is 42.2 Å². The molecule has 0 bridgehead atoms. The van der Waals surface area contributed by atoms with Crippen LogP contribution in [0.25, 0.3) is 0 Å². The van der Waals surface area contributed by atoms with Crippen molar-refractivity contribution in [1.82, 2.24) is 15.2 Å². The minimum absolute atomic E-state index is 0.0640. The number of hydrogen-bond acceptors (Lipinski definition) is 5. The third-order valence-corrected chi connectivity index (χ3v) is 4.71. The number of benzene rings is 1. The molecule has 2 aromatic rings. The van der Waals surface area contributed by atoms with Gasteiger partial charge in [0.15, 0.2) is 11.5 Å². The van der Waals surface area contributed by atoms with Gasteiger partial charge >= 0.3 is 0 Å². The average molecular weight is 339 g/mol. The molecule has 0 radical (unpaired) electrons. The first-order chi connectivity index (χ1) is 12.3. The van der Waals surface area contributed by atoms with Gasteiger partial charge < -0.3 is 14.8 Å². The maximum Gasteiger partial charge on any atom is 0.251 e. The normalized spacial score (nSPS) is 19.1. The molecule has 1 aromatic carbocycles. The van der Waals surface area contributed by atoms with E-state index in [4.69, 9.17) is 9.47 Å². The molecular formula is C19H21N3O3. The molecule has 1 saturated heterocycles. The van der Waals surface area contributed by atoms with Gasteiger partial charge in [0, 0.05) is 37.6 Å². The molecule has 0 saturated carbocycles. The summed E-state index contributed by atoms with van der Waals surface area (Å²) in [6.07, 6.45) is 4.76. The molecule has 2 aliphatic heterocycles. The van der Waals surface area contributed by atoms with Crippen molar-refractivity contribution in [3.8, 4) is 11.5 Å². The fraction of sp³-hybridized carbons (Fsp3) is 0.368. The van der Waals surface area contributed by atoms with Crippen LogP contribution in [0.1, 0.15) is 22.3 Å². The summed E-state index contributed by atoms with van der Waals surface area (Å²) >= 11 is 0. The zero-order valence-electron chi connectivity index (χ0n) is 14.0. The molecule has 1 N–H and O–H groups in total. The predicted molar refractivity (Wildman–Crippen MR) is 92.5 cm³/mol. The number of fused-ring (bicyclic) bond motifs is 1. The lowest BCUT2D eigenvalue weighted by atomic mass is 10.1. The Hall–Kier alpha value is -2.60. The van der Waals surface area contributed by atoms with Gasteiger partial charge in [-0.15, -0.1) is 0 Å². The average Bonchev–Trinajstić information content (AvgIpc) is 3.29. The summed E-state index contributed by atoms with van der Waals surface area (Å²) in [4.78, 5) is 18.8. The maximum atomic E-state index is 12.3. The maximum absolute atomic E-state index is 12.3. The molecule has 1 aromatic heterocycles. The number of nitrogens with zero attached hydrogens (tertiary/aromatic N) is 2. The van der Waals surface area contributed by atoms with Gasteiger partial charge in [0.2, 0.25) is 6.79 Å². The van der Waals surface area contributed by atoms with E-state index in [9.17, 15) is 4.79 Å². The highest BCUT2D eigenvalue weighted by Gasteiger charge is 2.23. The number of amides is 1. The molecule has 4 rings (SSSR count). The zero-order chi connectivity index (χ0) is 17.1. The second-order valence-corrected chi connectivity index (χ2v) is 6.52. The van der Waals surface area contributed by atoms with Crippen molar-refractivity contribution < 1.29 is 14.3 Å². The highest BCUT2D eigenvalue weighted by Crippen LogP contribution is 2.32. The van der Waals surface area contributed by atoms with Crippen molar-refractivity contribution in [2.45, 2.75) is 13.0 Å². The monoisotopic (exact) mass is 339 g/mol. The summed E-state index contributed by atoms with van der Waals surface area (Å²) in [5.74, 6) is 1.75. The Kier molecular flexibility index (Phi) is 4.52. The molecule has 0 aliphatic carbocycles. The van der Waals surface area contributed by atoms with Gasteiger partial charge in [-0.2, -0.15) is 0 Å². The number of nitrogens with one attached hydrogen (secondary N) is 1. The van der Waals surface area contributed by atoms with Crippen LogP contribution in [0.4, 0.5) is 0 Å². The number of ether oxygens (including phenoxy) is 2.